The molecule has 0 radical (unpaired) electrons. The van der Waals surface area contributed by atoms with Crippen LogP contribution in [0.5, 0.6) is 0 Å². The Hall–Kier alpha value is -1.49. The van der Waals surface area contributed by atoms with Gasteiger partial charge >= 0.3 is 0 Å². The molecule has 1 atom stereocenters. The standard InChI is InChI=1S/C16H22N2O2S/c1-12-4-3-9-18(10-12)16(20)11-21-15-7-5-14(6-8-15)17-13(2)19/h5-8,12H,3-4,9-11H2,1-2H3,(H,17,19)/t12-/m1/s1. The Kier molecular flexibility index (Phi) is 5.67. The van der Waals surface area contributed by atoms with Crippen molar-refractivity contribution in [3.63, 3.8) is 0 Å². The minimum Gasteiger partial charge on any atom is -0.342 e. The van der Waals surface area contributed by atoms with E-state index in [2.05, 4.69) is 12.2 Å². The van der Waals surface area contributed by atoms with E-state index in [1.165, 1.54) is 13.3 Å². The van der Waals surface area contributed by atoms with Crippen LogP contribution in [0.15, 0.2) is 29.2 Å². The number of benzene rings is 1. The van der Waals surface area contributed by atoms with E-state index >= 15 is 0 Å². The van der Waals surface area contributed by atoms with Gasteiger partial charge in [0.05, 0.1) is 5.75 Å². The molecule has 0 saturated carbocycles. The minimum atomic E-state index is -0.0789. The number of thioether (sulfide) groups is 1. The third kappa shape index (κ3) is 5.08. The molecule has 1 aliphatic heterocycles. The van der Waals surface area contributed by atoms with Crippen molar-refractivity contribution in [1.29, 1.82) is 0 Å². The average Bonchev–Trinajstić information content (AvgIpc) is 2.45. The fourth-order valence-electron chi connectivity index (χ4n) is 2.49. The summed E-state index contributed by atoms with van der Waals surface area (Å²) in [5, 5.41) is 2.73. The molecule has 2 rings (SSSR count). The number of likely N-dealkylation sites (tertiary alicyclic amines) is 1. The molecule has 2 amide bonds. The first-order valence-electron chi connectivity index (χ1n) is 7.33. The molecule has 1 aromatic rings. The van der Waals surface area contributed by atoms with Gasteiger partial charge in [-0.25, -0.2) is 0 Å². The minimum absolute atomic E-state index is 0.0789. The zero-order valence-electron chi connectivity index (χ0n) is 12.6. The molecule has 5 heteroatoms. The number of amides is 2. The first kappa shape index (κ1) is 15.9. The normalized spacial score (nSPS) is 18.4. The van der Waals surface area contributed by atoms with Crippen LogP contribution in [0.4, 0.5) is 5.69 Å². The number of hydrogen-bond acceptors (Lipinski definition) is 3. The van der Waals surface area contributed by atoms with E-state index in [1.54, 1.807) is 11.8 Å². The van der Waals surface area contributed by atoms with E-state index in [1.807, 2.05) is 29.2 Å². The molecule has 1 aromatic carbocycles. The van der Waals surface area contributed by atoms with E-state index in [0.717, 1.165) is 30.1 Å². The lowest BCUT2D eigenvalue weighted by Gasteiger charge is -2.30. The van der Waals surface area contributed by atoms with Gasteiger partial charge in [0.1, 0.15) is 0 Å². The van der Waals surface area contributed by atoms with Gasteiger partial charge in [0.2, 0.25) is 11.8 Å². The smallest absolute Gasteiger partial charge is 0.232 e. The molecule has 1 aliphatic rings. The first-order valence-corrected chi connectivity index (χ1v) is 8.31. The topological polar surface area (TPSA) is 49.4 Å². The lowest BCUT2D eigenvalue weighted by Crippen LogP contribution is -2.40. The molecule has 1 saturated heterocycles. The molecule has 21 heavy (non-hydrogen) atoms. The second-order valence-corrected chi connectivity index (χ2v) is 6.63. The van der Waals surface area contributed by atoms with Crippen LogP contribution in [0.25, 0.3) is 0 Å². The summed E-state index contributed by atoms with van der Waals surface area (Å²) in [4.78, 5) is 26.1. The van der Waals surface area contributed by atoms with Gasteiger partial charge in [-0.15, -0.1) is 11.8 Å². The Morgan fingerprint density at radius 2 is 2.05 bits per heavy atom. The van der Waals surface area contributed by atoms with Gasteiger partial charge in [0.15, 0.2) is 0 Å². The summed E-state index contributed by atoms with van der Waals surface area (Å²) >= 11 is 1.55. The zero-order valence-corrected chi connectivity index (χ0v) is 13.4. The van der Waals surface area contributed by atoms with Crippen LogP contribution >= 0.6 is 11.8 Å². The number of piperidine rings is 1. The Labute approximate surface area is 130 Å². The maximum Gasteiger partial charge on any atom is 0.232 e. The third-order valence-electron chi connectivity index (χ3n) is 3.55. The fourth-order valence-corrected chi connectivity index (χ4v) is 3.29. The predicted octanol–water partition coefficient (Wildman–Crippen LogP) is 3.00. The molecule has 1 N–H and O–H groups in total. The molecule has 0 unspecified atom stereocenters. The summed E-state index contributed by atoms with van der Waals surface area (Å²) in [7, 11) is 0. The van der Waals surface area contributed by atoms with Crippen LogP contribution < -0.4 is 5.32 Å². The highest BCUT2D eigenvalue weighted by molar-refractivity contribution is 8.00. The SMILES string of the molecule is CC(=O)Nc1ccc(SCC(=O)N2CCC[C@@H](C)C2)cc1. The highest BCUT2D eigenvalue weighted by Crippen LogP contribution is 2.22. The summed E-state index contributed by atoms with van der Waals surface area (Å²) in [6, 6.07) is 7.58. The number of carbonyl (C=O) groups excluding carboxylic acids is 2. The maximum atomic E-state index is 12.2. The largest absolute Gasteiger partial charge is 0.342 e. The molecule has 0 aromatic heterocycles. The van der Waals surface area contributed by atoms with Crippen LogP contribution in [0, 0.1) is 5.92 Å². The molecule has 0 spiro atoms. The summed E-state index contributed by atoms with van der Waals surface area (Å²) in [6.07, 6.45) is 2.34. The highest BCUT2D eigenvalue weighted by Gasteiger charge is 2.20. The quantitative estimate of drug-likeness (QED) is 0.870. The van der Waals surface area contributed by atoms with Crippen molar-refractivity contribution in [3.05, 3.63) is 24.3 Å². The number of rotatable bonds is 4. The monoisotopic (exact) mass is 306 g/mol. The van der Waals surface area contributed by atoms with Crippen molar-refractivity contribution in [2.45, 2.75) is 31.6 Å². The van der Waals surface area contributed by atoms with E-state index in [4.69, 9.17) is 0 Å². The predicted molar refractivity (Wildman–Crippen MR) is 86.4 cm³/mol. The van der Waals surface area contributed by atoms with Gasteiger partial charge in [-0.2, -0.15) is 0 Å². The summed E-state index contributed by atoms with van der Waals surface area (Å²) in [5.74, 6) is 1.23. The Balaban J connectivity index is 1.82. The van der Waals surface area contributed by atoms with Crippen LogP contribution in [0.2, 0.25) is 0 Å². The van der Waals surface area contributed by atoms with Gasteiger partial charge in [-0.1, -0.05) is 6.92 Å². The second kappa shape index (κ2) is 7.50. The van der Waals surface area contributed by atoms with Crippen molar-refractivity contribution >= 4 is 29.3 Å². The molecule has 4 nitrogen and oxygen atoms in total. The number of carbonyl (C=O) groups is 2. The molecule has 1 fully saturated rings. The average molecular weight is 306 g/mol. The molecule has 1 heterocycles. The Morgan fingerprint density at radius 1 is 1.33 bits per heavy atom. The highest BCUT2D eigenvalue weighted by atomic mass is 32.2. The van der Waals surface area contributed by atoms with E-state index in [9.17, 15) is 9.59 Å². The van der Waals surface area contributed by atoms with Gasteiger partial charge in [0.25, 0.3) is 0 Å². The summed E-state index contributed by atoms with van der Waals surface area (Å²) < 4.78 is 0. The van der Waals surface area contributed by atoms with Crippen molar-refractivity contribution in [1.82, 2.24) is 4.90 Å². The molecular formula is C16H22N2O2S. The van der Waals surface area contributed by atoms with Crippen LogP contribution in [0.3, 0.4) is 0 Å². The molecule has 114 valence electrons. The molecule has 0 aliphatic carbocycles. The van der Waals surface area contributed by atoms with Crippen LogP contribution in [-0.2, 0) is 9.59 Å². The van der Waals surface area contributed by atoms with E-state index in [-0.39, 0.29) is 11.8 Å². The van der Waals surface area contributed by atoms with Gasteiger partial charge < -0.3 is 10.2 Å². The van der Waals surface area contributed by atoms with Crippen molar-refractivity contribution < 1.29 is 9.59 Å². The van der Waals surface area contributed by atoms with Gasteiger partial charge in [-0.3, -0.25) is 9.59 Å². The summed E-state index contributed by atoms with van der Waals surface area (Å²) in [6.45, 7) is 5.47. The number of nitrogens with one attached hydrogen (secondary N) is 1. The lowest BCUT2D eigenvalue weighted by molar-refractivity contribution is -0.130. The fraction of sp³-hybridized carbons (Fsp3) is 0.500. The lowest BCUT2D eigenvalue weighted by atomic mass is 10.0. The van der Waals surface area contributed by atoms with Crippen LogP contribution in [0.1, 0.15) is 26.7 Å². The van der Waals surface area contributed by atoms with E-state index in [0.29, 0.717) is 11.7 Å². The molecule has 0 bridgehead atoms. The summed E-state index contributed by atoms with van der Waals surface area (Å²) in [5.41, 5.74) is 0.781. The number of nitrogens with zero attached hydrogens (tertiary/aromatic N) is 1. The Morgan fingerprint density at radius 3 is 2.67 bits per heavy atom. The zero-order chi connectivity index (χ0) is 15.2. The number of anilines is 1. The second-order valence-electron chi connectivity index (χ2n) is 5.58. The van der Waals surface area contributed by atoms with Gasteiger partial charge in [-0.05, 0) is 43.0 Å². The van der Waals surface area contributed by atoms with Crippen LogP contribution in [-0.4, -0.2) is 35.6 Å². The van der Waals surface area contributed by atoms with Crippen molar-refractivity contribution in [2.75, 3.05) is 24.2 Å². The van der Waals surface area contributed by atoms with Gasteiger partial charge in [0, 0.05) is 30.6 Å². The third-order valence-corrected chi connectivity index (χ3v) is 4.54. The van der Waals surface area contributed by atoms with E-state index < -0.39 is 0 Å². The van der Waals surface area contributed by atoms with Crippen molar-refractivity contribution in [2.24, 2.45) is 5.92 Å². The first-order chi connectivity index (χ1) is 10.0. The maximum absolute atomic E-state index is 12.2. The number of hydrogen-bond donors (Lipinski definition) is 1. The van der Waals surface area contributed by atoms with Crippen molar-refractivity contribution in [3.8, 4) is 0 Å². The Bertz CT molecular complexity index is 502. The molecular weight excluding hydrogens is 284 g/mol.